The smallest absolute Gasteiger partial charge is 0.261 e. The van der Waals surface area contributed by atoms with Crippen LogP contribution in [-0.2, 0) is 11.3 Å². The number of aromatic nitrogens is 2. The number of aryl methyl sites for hydroxylation is 1. The van der Waals surface area contributed by atoms with E-state index < -0.39 is 0 Å². The van der Waals surface area contributed by atoms with Gasteiger partial charge in [-0.2, -0.15) is 0 Å². The Morgan fingerprint density at radius 2 is 2.13 bits per heavy atom. The number of benzene rings is 1. The van der Waals surface area contributed by atoms with Gasteiger partial charge in [-0.1, -0.05) is 32.4 Å². The standard InChI is InChI=1S/C17H23N3O3/c1-3-12(2)15(10-21)19-16(22)8-9-20-11-18-14-7-5-4-6-13(14)17(20)23/h4-7,11-12,15,21H,3,8-10H2,1-2H3,(H,19,22)/t12-,15+/m0/s1. The number of hydrogen-bond acceptors (Lipinski definition) is 4. The summed E-state index contributed by atoms with van der Waals surface area (Å²) in [6.45, 7) is 4.18. The third kappa shape index (κ3) is 4.16. The zero-order valence-corrected chi connectivity index (χ0v) is 13.5. The molecule has 1 aromatic carbocycles. The molecule has 0 aliphatic heterocycles. The molecule has 6 nitrogen and oxygen atoms in total. The highest BCUT2D eigenvalue weighted by atomic mass is 16.3. The van der Waals surface area contributed by atoms with Crippen molar-refractivity contribution in [3.8, 4) is 0 Å². The van der Waals surface area contributed by atoms with Gasteiger partial charge < -0.3 is 10.4 Å². The lowest BCUT2D eigenvalue weighted by atomic mass is 10.00. The van der Waals surface area contributed by atoms with Crippen molar-refractivity contribution in [2.24, 2.45) is 5.92 Å². The summed E-state index contributed by atoms with van der Waals surface area (Å²) in [6.07, 6.45) is 2.52. The highest BCUT2D eigenvalue weighted by Gasteiger charge is 2.17. The number of nitrogens with zero attached hydrogens (tertiary/aromatic N) is 2. The number of carbonyl (C=O) groups is 1. The molecule has 0 saturated heterocycles. The molecule has 0 saturated carbocycles. The molecule has 0 spiro atoms. The van der Waals surface area contributed by atoms with Gasteiger partial charge in [0.05, 0.1) is 29.9 Å². The second kappa shape index (κ2) is 7.87. The summed E-state index contributed by atoms with van der Waals surface area (Å²) in [5.74, 6) is 0.0263. The van der Waals surface area contributed by atoms with Gasteiger partial charge in [-0.05, 0) is 18.1 Å². The lowest BCUT2D eigenvalue weighted by Crippen LogP contribution is -2.42. The van der Waals surface area contributed by atoms with Gasteiger partial charge in [0.1, 0.15) is 0 Å². The first-order valence-corrected chi connectivity index (χ1v) is 7.91. The van der Waals surface area contributed by atoms with E-state index in [1.807, 2.05) is 19.9 Å². The van der Waals surface area contributed by atoms with Crippen molar-refractivity contribution in [1.82, 2.24) is 14.9 Å². The van der Waals surface area contributed by atoms with Crippen LogP contribution in [0, 0.1) is 5.92 Å². The molecule has 0 bridgehead atoms. The van der Waals surface area contributed by atoms with Crippen molar-refractivity contribution in [3.63, 3.8) is 0 Å². The molecule has 1 heterocycles. The van der Waals surface area contributed by atoms with Gasteiger partial charge in [0.2, 0.25) is 5.91 Å². The van der Waals surface area contributed by atoms with Crippen LogP contribution in [0.15, 0.2) is 35.4 Å². The van der Waals surface area contributed by atoms with Crippen LogP contribution in [-0.4, -0.2) is 33.2 Å². The predicted octanol–water partition coefficient (Wildman–Crippen LogP) is 1.31. The second-order valence-corrected chi connectivity index (χ2v) is 5.75. The Morgan fingerprint density at radius 1 is 1.39 bits per heavy atom. The third-order valence-electron chi connectivity index (χ3n) is 4.19. The first kappa shape index (κ1) is 17.1. The molecule has 0 unspecified atom stereocenters. The molecule has 2 rings (SSSR count). The van der Waals surface area contributed by atoms with Gasteiger partial charge in [0, 0.05) is 13.0 Å². The molecule has 0 aliphatic rings. The molecule has 23 heavy (non-hydrogen) atoms. The summed E-state index contributed by atoms with van der Waals surface area (Å²) in [6, 6.07) is 6.88. The molecule has 0 radical (unpaired) electrons. The van der Waals surface area contributed by atoms with Crippen LogP contribution in [0.3, 0.4) is 0 Å². The largest absolute Gasteiger partial charge is 0.394 e. The number of para-hydroxylation sites is 1. The molecule has 1 amide bonds. The quantitative estimate of drug-likeness (QED) is 0.806. The number of rotatable bonds is 7. The number of aliphatic hydroxyl groups is 1. The molecule has 1 aromatic heterocycles. The van der Waals surface area contributed by atoms with E-state index in [2.05, 4.69) is 10.3 Å². The lowest BCUT2D eigenvalue weighted by molar-refractivity contribution is -0.122. The number of amides is 1. The van der Waals surface area contributed by atoms with Crippen molar-refractivity contribution >= 4 is 16.8 Å². The topological polar surface area (TPSA) is 84.2 Å². The van der Waals surface area contributed by atoms with E-state index >= 15 is 0 Å². The maximum atomic E-state index is 12.3. The summed E-state index contributed by atoms with van der Waals surface area (Å²) < 4.78 is 1.44. The van der Waals surface area contributed by atoms with E-state index in [1.165, 1.54) is 10.9 Å². The van der Waals surface area contributed by atoms with Crippen molar-refractivity contribution in [2.45, 2.75) is 39.3 Å². The van der Waals surface area contributed by atoms with Gasteiger partial charge in [-0.25, -0.2) is 4.98 Å². The van der Waals surface area contributed by atoms with Crippen LogP contribution in [0.5, 0.6) is 0 Å². The van der Waals surface area contributed by atoms with Crippen LogP contribution < -0.4 is 10.9 Å². The van der Waals surface area contributed by atoms with Gasteiger partial charge in [0.15, 0.2) is 0 Å². The Bertz CT molecular complexity index is 726. The van der Waals surface area contributed by atoms with Crippen molar-refractivity contribution in [2.75, 3.05) is 6.61 Å². The molecular formula is C17H23N3O3. The molecule has 2 aromatic rings. The Balaban J connectivity index is 2.02. The highest BCUT2D eigenvalue weighted by Crippen LogP contribution is 2.08. The maximum Gasteiger partial charge on any atom is 0.261 e. The van der Waals surface area contributed by atoms with Crippen LogP contribution in [0.2, 0.25) is 0 Å². The fraction of sp³-hybridized carbons (Fsp3) is 0.471. The fourth-order valence-electron chi connectivity index (χ4n) is 2.42. The highest BCUT2D eigenvalue weighted by molar-refractivity contribution is 5.77. The van der Waals surface area contributed by atoms with Crippen LogP contribution >= 0.6 is 0 Å². The molecule has 124 valence electrons. The minimum atomic E-state index is -0.251. The molecule has 2 N–H and O–H groups in total. The van der Waals surface area contributed by atoms with Gasteiger partial charge in [0.25, 0.3) is 5.56 Å². The molecular weight excluding hydrogens is 294 g/mol. The fourth-order valence-corrected chi connectivity index (χ4v) is 2.42. The predicted molar refractivity (Wildman–Crippen MR) is 89.1 cm³/mol. The zero-order chi connectivity index (χ0) is 16.8. The molecule has 0 aliphatic carbocycles. The number of carbonyl (C=O) groups excluding carboxylic acids is 1. The maximum absolute atomic E-state index is 12.3. The average molecular weight is 317 g/mol. The average Bonchev–Trinajstić information content (AvgIpc) is 2.58. The minimum Gasteiger partial charge on any atom is -0.394 e. The van der Waals surface area contributed by atoms with E-state index in [0.717, 1.165) is 6.42 Å². The van der Waals surface area contributed by atoms with E-state index in [9.17, 15) is 14.7 Å². The Morgan fingerprint density at radius 3 is 2.83 bits per heavy atom. The minimum absolute atomic E-state index is 0.0851. The monoisotopic (exact) mass is 317 g/mol. The van der Waals surface area contributed by atoms with Gasteiger partial charge >= 0.3 is 0 Å². The number of fused-ring (bicyclic) bond motifs is 1. The van der Waals surface area contributed by atoms with Crippen LogP contribution in [0.4, 0.5) is 0 Å². The molecule has 0 fully saturated rings. The molecule has 6 heteroatoms. The van der Waals surface area contributed by atoms with E-state index in [0.29, 0.717) is 10.9 Å². The Labute approximate surface area is 135 Å². The van der Waals surface area contributed by atoms with Crippen molar-refractivity contribution < 1.29 is 9.90 Å². The third-order valence-corrected chi connectivity index (χ3v) is 4.19. The van der Waals surface area contributed by atoms with Crippen molar-refractivity contribution in [3.05, 3.63) is 40.9 Å². The zero-order valence-electron chi connectivity index (χ0n) is 13.5. The SMILES string of the molecule is CC[C@H](C)[C@@H](CO)NC(=O)CCn1cnc2ccccc2c1=O. The van der Waals surface area contributed by atoms with Crippen LogP contribution in [0.1, 0.15) is 26.7 Å². The van der Waals surface area contributed by atoms with Crippen molar-refractivity contribution in [1.29, 1.82) is 0 Å². The summed E-state index contributed by atoms with van der Waals surface area (Å²) in [5.41, 5.74) is 0.499. The van der Waals surface area contributed by atoms with E-state index in [1.54, 1.807) is 18.2 Å². The first-order chi connectivity index (χ1) is 11.1. The van der Waals surface area contributed by atoms with E-state index in [4.69, 9.17) is 0 Å². The van der Waals surface area contributed by atoms with E-state index in [-0.39, 0.29) is 43.0 Å². The summed E-state index contributed by atoms with van der Waals surface area (Å²) in [5, 5.41) is 12.7. The molecule has 2 atom stereocenters. The number of hydrogen-bond donors (Lipinski definition) is 2. The number of nitrogens with one attached hydrogen (secondary N) is 1. The normalized spacial score (nSPS) is 13.7. The summed E-state index contributed by atoms with van der Waals surface area (Å²) in [7, 11) is 0. The summed E-state index contributed by atoms with van der Waals surface area (Å²) in [4.78, 5) is 28.6. The van der Waals surface area contributed by atoms with Gasteiger partial charge in [-0.15, -0.1) is 0 Å². The Hall–Kier alpha value is -2.21. The summed E-state index contributed by atoms with van der Waals surface area (Å²) >= 11 is 0. The Kier molecular flexibility index (Phi) is 5.87. The second-order valence-electron chi connectivity index (χ2n) is 5.75. The first-order valence-electron chi connectivity index (χ1n) is 7.91. The number of aliphatic hydroxyl groups excluding tert-OH is 1. The van der Waals surface area contributed by atoms with Gasteiger partial charge in [-0.3, -0.25) is 14.2 Å². The van der Waals surface area contributed by atoms with Crippen LogP contribution in [0.25, 0.3) is 10.9 Å². The lowest BCUT2D eigenvalue weighted by Gasteiger charge is -2.22.